The van der Waals surface area contributed by atoms with E-state index in [0.29, 0.717) is 0 Å². The third kappa shape index (κ3) is 8.79. The summed E-state index contributed by atoms with van der Waals surface area (Å²) in [6, 6.07) is 0. The summed E-state index contributed by atoms with van der Waals surface area (Å²) in [5.74, 6) is 0. The summed E-state index contributed by atoms with van der Waals surface area (Å²) in [5, 5.41) is 0. The Morgan fingerprint density at radius 3 is 1.75 bits per heavy atom. The maximum absolute atomic E-state index is 9.53. The largest absolute Gasteiger partial charge is 0.342 e. The van der Waals surface area contributed by atoms with E-state index in [2.05, 4.69) is 20.8 Å². The second kappa shape index (κ2) is 4.28. The van der Waals surface area contributed by atoms with E-state index in [4.69, 9.17) is 4.52 Å². The van der Waals surface area contributed by atoms with Gasteiger partial charge in [-0.05, 0) is 20.8 Å². The smallest absolute Gasteiger partial charge is 0.236 e. The minimum absolute atomic E-state index is 0.0612. The van der Waals surface area contributed by atoms with E-state index in [1.54, 1.807) is 0 Å². The van der Waals surface area contributed by atoms with Crippen molar-refractivity contribution < 1.29 is 9.42 Å². The molecule has 12 heavy (non-hydrogen) atoms. The van der Waals surface area contributed by atoms with Gasteiger partial charge in [-0.1, -0.05) is 32.2 Å². The SMILES string of the molecule is CC(C)(C)OP(O)SC(C)(C)C. The Labute approximate surface area is 80.7 Å². The Balaban J connectivity index is 3.83. The zero-order valence-corrected chi connectivity index (χ0v) is 10.4. The Morgan fingerprint density at radius 1 is 1.08 bits per heavy atom. The second-order valence-corrected chi connectivity index (χ2v) is 8.20. The van der Waals surface area contributed by atoms with Gasteiger partial charge in [-0.25, -0.2) is 0 Å². The molecule has 1 N–H and O–H groups in total. The summed E-state index contributed by atoms with van der Waals surface area (Å²) >= 11 is 1.48. The van der Waals surface area contributed by atoms with Gasteiger partial charge in [0.2, 0.25) is 7.58 Å². The first kappa shape index (κ1) is 12.7. The molecule has 0 rings (SSSR count). The van der Waals surface area contributed by atoms with E-state index in [9.17, 15) is 4.89 Å². The molecule has 0 bridgehead atoms. The van der Waals surface area contributed by atoms with Crippen LogP contribution in [0.2, 0.25) is 0 Å². The first-order valence-electron chi connectivity index (χ1n) is 3.97. The predicted molar refractivity (Wildman–Crippen MR) is 57.3 cm³/mol. The number of hydrogen-bond donors (Lipinski definition) is 1. The molecule has 0 amide bonds. The average molecular weight is 210 g/mol. The highest BCUT2D eigenvalue weighted by Gasteiger charge is 2.23. The standard InChI is InChI=1S/C8H19O2PS/c1-7(2,3)10-11(9)12-8(4,5)6/h9H,1-6H3. The van der Waals surface area contributed by atoms with E-state index >= 15 is 0 Å². The van der Waals surface area contributed by atoms with Gasteiger partial charge in [0, 0.05) is 4.75 Å². The molecule has 0 aromatic heterocycles. The Morgan fingerprint density at radius 2 is 1.50 bits per heavy atom. The van der Waals surface area contributed by atoms with Crippen LogP contribution in [0.4, 0.5) is 0 Å². The number of hydrogen-bond acceptors (Lipinski definition) is 3. The molecule has 0 aromatic rings. The lowest BCUT2D eigenvalue weighted by Gasteiger charge is -2.26. The Bertz CT molecular complexity index is 121. The molecule has 0 saturated carbocycles. The van der Waals surface area contributed by atoms with E-state index in [0.717, 1.165) is 0 Å². The molecular weight excluding hydrogens is 191 g/mol. The zero-order valence-electron chi connectivity index (χ0n) is 8.71. The topological polar surface area (TPSA) is 29.5 Å². The highest BCUT2D eigenvalue weighted by molar-refractivity contribution is 8.53. The third-order valence-corrected chi connectivity index (χ3v) is 4.45. The van der Waals surface area contributed by atoms with Crippen LogP contribution in [0.3, 0.4) is 0 Å². The van der Waals surface area contributed by atoms with Gasteiger partial charge in [-0.2, -0.15) is 0 Å². The summed E-state index contributed by atoms with van der Waals surface area (Å²) in [5.41, 5.74) is -0.251. The minimum Gasteiger partial charge on any atom is -0.342 e. The molecule has 1 atom stereocenters. The maximum atomic E-state index is 9.53. The van der Waals surface area contributed by atoms with Crippen LogP contribution >= 0.6 is 19.0 Å². The molecule has 0 saturated heterocycles. The molecular formula is C8H19O2PS. The van der Waals surface area contributed by atoms with Crippen LogP contribution in [0.25, 0.3) is 0 Å². The first-order valence-corrected chi connectivity index (χ1v) is 6.61. The normalized spacial score (nSPS) is 16.2. The van der Waals surface area contributed by atoms with Crippen molar-refractivity contribution in [3.8, 4) is 0 Å². The van der Waals surface area contributed by atoms with Gasteiger partial charge in [0.1, 0.15) is 0 Å². The van der Waals surface area contributed by atoms with Gasteiger partial charge >= 0.3 is 0 Å². The molecule has 0 aliphatic carbocycles. The molecule has 0 aromatic carbocycles. The summed E-state index contributed by atoms with van der Waals surface area (Å²) in [4.78, 5) is 9.53. The van der Waals surface area contributed by atoms with Crippen LogP contribution in [0.15, 0.2) is 0 Å². The highest BCUT2D eigenvalue weighted by atomic mass is 32.7. The van der Waals surface area contributed by atoms with Crippen LogP contribution < -0.4 is 0 Å². The van der Waals surface area contributed by atoms with Crippen molar-refractivity contribution in [2.75, 3.05) is 0 Å². The quantitative estimate of drug-likeness (QED) is 0.707. The van der Waals surface area contributed by atoms with Crippen molar-refractivity contribution in [1.82, 2.24) is 0 Å². The van der Waals surface area contributed by atoms with E-state index < -0.39 is 7.58 Å². The molecule has 0 fully saturated rings. The highest BCUT2D eigenvalue weighted by Crippen LogP contribution is 2.55. The zero-order chi connectivity index (χ0) is 9.99. The van der Waals surface area contributed by atoms with Crippen molar-refractivity contribution in [3.05, 3.63) is 0 Å². The minimum atomic E-state index is -1.34. The Hall–Kier alpha value is 0.700. The predicted octanol–water partition coefficient (Wildman–Crippen LogP) is 3.55. The summed E-state index contributed by atoms with van der Waals surface area (Å²) in [6.07, 6.45) is 0. The van der Waals surface area contributed by atoms with Crippen LogP contribution in [0.5, 0.6) is 0 Å². The van der Waals surface area contributed by atoms with Crippen LogP contribution in [-0.4, -0.2) is 15.2 Å². The fourth-order valence-corrected chi connectivity index (χ4v) is 3.65. The van der Waals surface area contributed by atoms with Crippen molar-refractivity contribution in [1.29, 1.82) is 0 Å². The van der Waals surface area contributed by atoms with Crippen molar-refractivity contribution >= 4 is 19.0 Å². The molecule has 0 radical (unpaired) electrons. The third-order valence-electron chi connectivity index (χ3n) is 0.704. The van der Waals surface area contributed by atoms with Crippen LogP contribution in [0, 0.1) is 0 Å². The molecule has 0 spiro atoms. The molecule has 1 unspecified atom stereocenters. The van der Waals surface area contributed by atoms with Gasteiger partial charge < -0.3 is 9.42 Å². The lowest BCUT2D eigenvalue weighted by Crippen LogP contribution is -2.16. The van der Waals surface area contributed by atoms with E-state index in [1.165, 1.54) is 11.4 Å². The fraction of sp³-hybridized carbons (Fsp3) is 1.00. The van der Waals surface area contributed by atoms with E-state index in [1.807, 2.05) is 20.8 Å². The Kier molecular flexibility index (Phi) is 4.53. The van der Waals surface area contributed by atoms with Crippen molar-refractivity contribution in [2.24, 2.45) is 0 Å². The van der Waals surface area contributed by atoms with Gasteiger partial charge in [0.05, 0.1) is 5.60 Å². The summed E-state index contributed by atoms with van der Waals surface area (Å²) in [6.45, 7) is 12.0. The molecule has 4 heteroatoms. The van der Waals surface area contributed by atoms with E-state index in [-0.39, 0.29) is 10.3 Å². The van der Waals surface area contributed by atoms with Gasteiger partial charge in [-0.15, -0.1) is 0 Å². The van der Waals surface area contributed by atoms with Gasteiger partial charge in [0.25, 0.3) is 0 Å². The fourth-order valence-electron chi connectivity index (χ4n) is 0.487. The second-order valence-electron chi connectivity index (χ2n) is 4.65. The lowest BCUT2D eigenvalue weighted by atomic mass is 10.2. The van der Waals surface area contributed by atoms with Crippen LogP contribution in [-0.2, 0) is 4.52 Å². The molecule has 2 nitrogen and oxygen atoms in total. The molecule has 0 aliphatic rings. The first-order chi connectivity index (χ1) is 5.10. The van der Waals surface area contributed by atoms with Crippen molar-refractivity contribution in [3.63, 3.8) is 0 Å². The lowest BCUT2D eigenvalue weighted by molar-refractivity contribution is 0.139. The molecule has 74 valence electrons. The molecule has 0 aliphatic heterocycles. The molecule has 0 heterocycles. The monoisotopic (exact) mass is 210 g/mol. The number of rotatable bonds is 2. The summed E-state index contributed by atoms with van der Waals surface area (Å²) < 4.78 is 5.46. The van der Waals surface area contributed by atoms with Crippen LogP contribution in [0.1, 0.15) is 41.5 Å². The van der Waals surface area contributed by atoms with Gasteiger partial charge in [-0.3, -0.25) is 0 Å². The maximum Gasteiger partial charge on any atom is 0.236 e. The average Bonchev–Trinajstić information content (AvgIpc) is 1.49. The van der Waals surface area contributed by atoms with Gasteiger partial charge in [0.15, 0.2) is 0 Å². The van der Waals surface area contributed by atoms with Crippen molar-refractivity contribution in [2.45, 2.75) is 51.9 Å². The summed E-state index contributed by atoms with van der Waals surface area (Å²) in [7, 11) is -1.34.